The number of anilines is 3. The summed E-state index contributed by atoms with van der Waals surface area (Å²) in [6.45, 7) is 33.0. The molecule has 0 unspecified atom stereocenters. The minimum absolute atomic E-state index is 0. The number of ether oxygens (including phenoxy) is 3. The van der Waals surface area contributed by atoms with Crippen molar-refractivity contribution in [3.8, 4) is 23.0 Å². The number of rotatable bonds is 14. The molecule has 0 saturated carbocycles. The summed E-state index contributed by atoms with van der Waals surface area (Å²) in [5.74, 6) is -0.129. The number of nitro groups is 3. The maximum absolute atomic E-state index is 13.2. The van der Waals surface area contributed by atoms with Gasteiger partial charge in [-0.25, -0.2) is 9.59 Å². The predicted molar refractivity (Wildman–Crippen MR) is 500 cm³/mol. The van der Waals surface area contributed by atoms with Crippen LogP contribution in [-0.2, 0) is 83.1 Å². The molecule has 2 aromatic carbocycles. The van der Waals surface area contributed by atoms with Crippen molar-refractivity contribution < 1.29 is 66.0 Å². The summed E-state index contributed by atoms with van der Waals surface area (Å²) in [7, 11) is 13.0. The fourth-order valence-electron chi connectivity index (χ4n) is 10.9. The fraction of sp³-hybridized carbons (Fsp3) is 0.411. The number of nitrogens with one attached hydrogen (secondary N) is 3. The van der Waals surface area contributed by atoms with Crippen molar-refractivity contribution in [2.24, 2.45) is 53.4 Å². The molecule has 11 rings (SSSR count). The van der Waals surface area contributed by atoms with Gasteiger partial charge in [0.15, 0.2) is 11.5 Å². The lowest BCUT2D eigenvalue weighted by Gasteiger charge is -2.21. The lowest BCUT2D eigenvalue weighted by Crippen LogP contribution is -2.27. The van der Waals surface area contributed by atoms with E-state index in [1.54, 1.807) is 143 Å². The van der Waals surface area contributed by atoms with Crippen LogP contribution in [-0.4, -0.2) is 139 Å². The molecule has 1 saturated heterocycles. The van der Waals surface area contributed by atoms with Gasteiger partial charge in [0.25, 0.3) is 41.6 Å². The number of allylic oxidation sites excluding steroid dienone is 1. The number of fused-ring (bicyclic) bond motifs is 2. The highest BCUT2D eigenvalue weighted by molar-refractivity contribution is 6.07. The monoisotopic (exact) mass is 1770 g/mol. The van der Waals surface area contributed by atoms with Crippen LogP contribution in [0.3, 0.4) is 0 Å². The summed E-state index contributed by atoms with van der Waals surface area (Å²) in [5.41, 5.74) is 21.0. The molecule has 2 amide bonds. The normalized spacial score (nSPS) is 11.4. The first kappa shape index (κ1) is 111. The second-order valence-corrected chi connectivity index (χ2v) is 33.3. The number of hydrogen-bond acceptors (Lipinski definition) is 25. The number of aromatic carboxylic acids is 1. The number of nitrogen functional groups attached to an aromatic ring is 2. The molecule has 11 N–H and O–H groups in total. The highest BCUT2D eigenvalue weighted by Crippen LogP contribution is 2.35. The van der Waals surface area contributed by atoms with Gasteiger partial charge in [-0.2, -0.15) is 0 Å². The molecule has 0 spiro atoms. The molecule has 37 nitrogen and oxygen atoms in total. The molecule has 9 heterocycles. The van der Waals surface area contributed by atoms with Crippen LogP contribution >= 0.6 is 0 Å². The number of nitrogens with zero attached hydrogens (tertiary/aromatic N) is 11. The Balaban J connectivity index is 0. The summed E-state index contributed by atoms with van der Waals surface area (Å²) >= 11 is 0. The number of aliphatic hydroxyl groups excluding tert-OH is 1. The Morgan fingerprint density at radius 1 is 0.567 bits per heavy atom. The molecular formula is C90H131N17O20. The number of benzene rings is 2. The number of pyridine rings is 6. The maximum atomic E-state index is 13.2. The Morgan fingerprint density at radius 3 is 1.24 bits per heavy atom. The number of aldehydes is 1. The van der Waals surface area contributed by atoms with Crippen molar-refractivity contribution in [2.75, 3.05) is 63.7 Å². The van der Waals surface area contributed by atoms with Gasteiger partial charge in [-0.3, -0.25) is 73.9 Å². The number of likely N-dealkylation sites (N-methyl/N-ethyl adjacent to an activating group) is 1. The van der Waals surface area contributed by atoms with Crippen molar-refractivity contribution in [1.82, 2.24) is 48.0 Å². The van der Waals surface area contributed by atoms with E-state index in [9.17, 15) is 78.6 Å². The van der Waals surface area contributed by atoms with Crippen LogP contribution in [0.4, 0.5) is 22.7 Å². The zero-order chi connectivity index (χ0) is 96.3. The molecule has 0 atom stereocenters. The third-order valence-corrected chi connectivity index (χ3v) is 18.1. The van der Waals surface area contributed by atoms with E-state index in [1.807, 2.05) is 90.3 Å². The molecule has 1 fully saturated rings. The molecular weight excluding hydrogens is 1640 g/mol. The first-order chi connectivity index (χ1) is 58.5. The van der Waals surface area contributed by atoms with Gasteiger partial charge in [-0.1, -0.05) is 136 Å². The van der Waals surface area contributed by atoms with Gasteiger partial charge in [-0.05, 0) is 156 Å². The number of esters is 1. The van der Waals surface area contributed by atoms with Crippen LogP contribution in [0.1, 0.15) is 177 Å². The highest BCUT2D eigenvalue weighted by atomic mass is 16.6. The van der Waals surface area contributed by atoms with E-state index in [-0.39, 0.29) is 83.6 Å². The molecule has 8 aromatic heterocycles. The van der Waals surface area contributed by atoms with Gasteiger partial charge in [0, 0.05) is 134 Å². The van der Waals surface area contributed by atoms with Gasteiger partial charge in [0.05, 0.1) is 40.2 Å². The Labute approximate surface area is 742 Å². The van der Waals surface area contributed by atoms with Crippen LogP contribution in [0.25, 0.3) is 21.8 Å². The largest absolute Gasteiger partial charge is 0.515 e. The topological polar surface area (TPSA) is 521 Å². The minimum atomic E-state index is -0.960. The van der Waals surface area contributed by atoms with Crippen LogP contribution in [0.2, 0.25) is 0 Å². The van der Waals surface area contributed by atoms with Gasteiger partial charge in [-0.15, -0.1) is 0 Å². The number of amides is 2. The van der Waals surface area contributed by atoms with Crippen molar-refractivity contribution in [1.29, 1.82) is 0 Å². The Kier molecular flexibility index (Phi) is 44.3. The SMILES string of the molecule is C.C1CCNC1.CC(C)(C)/C(C=O)=C/O.CCOC(=O)C[N+](=O)[O-].CN.CNC(=O)C[N+](=O)[O-].Cn1c(C(=O)O)cc2cccc(Oc3ccncc3)c21.Cn1cc(C(C)(C)C)cc(N)c1=O.Cn1cc(C(C)(C)C)cc(N)c1=O.Cn1cc(C(C)(C)C)cc(NC(=O)c2cc3cccc(Oc4ccncc4)c3n2C)c1=O.Cn1cc(C(C)(C)C)cc([N+](=O)[O-])c1=O.[2HH].[HH]. The number of carboxylic acids is 1. The Bertz CT molecular complexity index is 5510. The van der Waals surface area contributed by atoms with Crippen LogP contribution in [0.5, 0.6) is 23.0 Å². The molecule has 0 aliphatic carbocycles. The summed E-state index contributed by atoms with van der Waals surface area (Å²) in [5, 5.41) is 57.2. The fourth-order valence-corrected chi connectivity index (χ4v) is 10.9. The first-order valence-corrected chi connectivity index (χ1v) is 39.6. The predicted octanol–water partition coefficient (Wildman–Crippen LogP) is 13.4. The summed E-state index contributed by atoms with van der Waals surface area (Å²) in [4.78, 5) is 137. The van der Waals surface area contributed by atoms with Crippen LogP contribution in [0.15, 0.2) is 178 Å². The number of hydrogen-bond donors (Lipinski definition) is 8. The minimum Gasteiger partial charge on any atom is -0.515 e. The van der Waals surface area contributed by atoms with E-state index in [0.29, 0.717) is 51.9 Å². The number of para-hydroxylation sites is 2. The van der Waals surface area contributed by atoms with Crippen molar-refractivity contribution in [2.45, 2.75) is 153 Å². The number of carbonyl (C=O) groups excluding carboxylic acids is 4. The van der Waals surface area contributed by atoms with Gasteiger partial charge >= 0.3 is 23.2 Å². The third-order valence-electron chi connectivity index (χ3n) is 18.1. The number of aliphatic hydroxyl groups is 1. The number of carboxylic acid groups (broad SMARTS) is 1. The molecule has 127 heavy (non-hydrogen) atoms. The lowest BCUT2D eigenvalue weighted by atomic mass is 9.88. The van der Waals surface area contributed by atoms with E-state index >= 15 is 0 Å². The van der Waals surface area contributed by atoms with E-state index in [2.05, 4.69) is 98.7 Å². The molecule has 37 heteroatoms. The second kappa shape index (κ2) is 50.7. The number of nitrogens with two attached hydrogens (primary N) is 3. The number of aromatic nitrogens is 8. The molecule has 10 aromatic rings. The standard InChI is InChI=1S/C25H26N4O3.C15H12N2O3.C10H14N2O3.2C10H16N2O.C7H12O2.C4H7NO4.C4H9N.C3H6N2O3.CH5N.CH4.2H2/c1-25(2,3)17-14-19(24(31)28(4)15-17)27-23(30)20-13-16-7-6-8-21(22(16)29(20)5)32-18-9-11-26-12-10-18;1-17-12(15(18)19)9-10-3-2-4-13(14(10)17)20-11-5-7-16-8-6-11;1-10(2,3)7-5-8(12(14)15)9(13)11(4)6-7;2*1-10(2,3)7-5-8(11)9(13)12(4)6-7;1-7(2,3)6(4-8)5-9;1-2-9-4(6)3-5(7)8;1-2-4-5-3-1;1-4-3(6)2-5(7)8;1-2;;;/h6-15H,1-5H3,(H,27,30);2-9H,1H3,(H,18,19);5-6H,1-4H3;2*5-6H,11H2,1-4H3;4-5,8H,1-3H3;2-3H2,1H3;5H,1-4H2;2H2,1H3,(H,4,6);2H2,1H3;1H4;2*1H/b;;;;;6-4+;;;;;;;/i;;;;;;;;;;;1+1;. The van der Waals surface area contributed by atoms with Crippen molar-refractivity contribution in [3.63, 3.8) is 0 Å². The van der Waals surface area contributed by atoms with E-state index in [1.165, 1.54) is 71.4 Å². The maximum Gasteiger partial charge on any atom is 0.378 e. The Morgan fingerprint density at radius 2 is 0.937 bits per heavy atom. The molecule has 0 radical (unpaired) electrons. The van der Waals surface area contributed by atoms with Crippen molar-refractivity contribution in [3.05, 3.63) is 264 Å². The average molecular weight is 1770 g/mol. The third kappa shape index (κ3) is 36.0. The smallest absolute Gasteiger partial charge is 0.378 e. The van der Waals surface area contributed by atoms with Crippen molar-refractivity contribution >= 4 is 74.6 Å². The van der Waals surface area contributed by atoms with Gasteiger partial charge in [0.1, 0.15) is 34.9 Å². The summed E-state index contributed by atoms with van der Waals surface area (Å²) < 4.78 is 25.3. The first-order valence-electron chi connectivity index (χ1n) is 39.6. The van der Waals surface area contributed by atoms with E-state index < -0.39 is 51.3 Å². The van der Waals surface area contributed by atoms with Gasteiger partial charge < -0.3 is 85.0 Å². The highest BCUT2D eigenvalue weighted by Gasteiger charge is 2.25. The number of aryl methyl sites for hydroxylation is 6. The summed E-state index contributed by atoms with van der Waals surface area (Å²) in [6.07, 6.45) is 18.0. The lowest BCUT2D eigenvalue weighted by molar-refractivity contribution is -0.470. The molecule has 1 aliphatic heterocycles. The average Bonchev–Trinajstić information content (AvgIpc) is 1.66. The molecule has 0 bridgehead atoms. The molecule has 696 valence electrons. The Hall–Kier alpha value is -14.0. The van der Waals surface area contributed by atoms with E-state index in [0.717, 1.165) is 50.3 Å². The second-order valence-electron chi connectivity index (χ2n) is 33.3. The van der Waals surface area contributed by atoms with Gasteiger partial charge in [0.2, 0.25) is 0 Å². The number of carbonyl (C=O) groups is 5. The quantitative estimate of drug-likeness (QED) is 0.0125. The zero-order valence-corrected chi connectivity index (χ0v) is 76.4. The van der Waals surface area contributed by atoms with E-state index in [4.69, 9.17) is 26.0 Å². The molecule has 1 aliphatic rings. The van der Waals surface area contributed by atoms with Crippen LogP contribution in [0, 0.1) is 35.8 Å². The van der Waals surface area contributed by atoms with Crippen LogP contribution < -0.4 is 64.9 Å². The zero-order valence-electron chi connectivity index (χ0n) is 76.4. The summed E-state index contributed by atoms with van der Waals surface area (Å²) in [6, 6.07) is 28.2.